The van der Waals surface area contributed by atoms with Crippen LogP contribution in [0.25, 0.3) is 0 Å². The van der Waals surface area contributed by atoms with Gasteiger partial charge in [-0.2, -0.15) is 9.04 Å². The molecule has 1 amide bonds. The Morgan fingerprint density at radius 3 is 2.47 bits per heavy atom. The van der Waals surface area contributed by atoms with E-state index < -0.39 is 28.5 Å². The first-order chi connectivity index (χ1) is 14.3. The second-order valence-corrected chi connectivity index (χ2v) is 8.95. The number of benzene rings is 1. The number of nitrogens with zero attached hydrogens (tertiary/aromatic N) is 2. The van der Waals surface area contributed by atoms with Crippen LogP contribution < -0.4 is 10.0 Å². The van der Waals surface area contributed by atoms with Crippen molar-refractivity contribution in [3.63, 3.8) is 0 Å². The largest absolute Gasteiger partial charge is 0.619 e. The Morgan fingerprint density at radius 1 is 1.13 bits per heavy atom. The third-order valence-corrected chi connectivity index (χ3v) is 6.70. The van der Waals surface area contributed by atoms with E-state index in [1.54, 1.807) is 13.0 Å². The number of carbonyl (C=O) groups excluding carboxylic acids is 2. The number of pyridine rings is 1. The zero-order valence-corrected chi connectivity index (χ0v) is 17.4. The van der Waals surface area contributed by atoms with Crippen molar-refractivity contribution in [2.24, 2.45) is 0 Å². The Balaban J connectivity index is 1.65. The summed E-state index contributed by atoms with van der Waals surface area (Å²) in [5.41, 5.74) is 1.15. The minimum Gasteiger partial charge on any atom is -0.619 e. The highest BCUT2D eigenvalue weighted by atomic mass is 32.2. The van der Waals surface area contributed by atoms with Crippen LogP contribution in [-0.4, -0.2) is 44.3 Å². The van der Waals surface area contributed by atoms with Gasteiger partial charge in [-0.15, -0.1) is 0 Å². The number of anilines is 1. The predicted octanol–water partition coefficient (Wildman–Crippen LogP) is 1.60. The number of ether oxygens (including phenoxy) is 1. The van der Waals surface area contributed by atoms with Gasteiger partial charge >= 0.3 is 5.97 Å². The number of aryl methyl sites for hydroxylation is 1. The zero-order chi connectivity index (χ0) is 21.7. The number of esters is 1. The number of carbonyl (C=O) groups is 2. The molecule has 10 heteroatoms. The van der Waals surface area contributed by atoms with Gasteiger partial charge in [-0.1, -0.05) is 12.5 Å². The standard InChI is InChI=1S/C20H23N3O6S/c1-15-5-6-17(30(27,28)23-9-3-2-4-10-23)13-18(15)21-19(24)14-29-20(25)16-7-11-22(26)12-8-16/h5-8,11-13H,2-4,9-10,14H2,1H3,(H,21,24). The van der Waals surface area contributed by atoms with Crippen LogP contribution in [0.2, 0.25) is 0 Å². The first kappa shape index (κ1) is 21.7. The van der Waals surface area contributed by atoms with E-state index in [-0.39, 0.29) is 10.5 Å². The lowest BCUT2D eigenvalue weighted by molar-refractivity contribution is -0.605. The van der Waals surface area contributed by atoms with Crippen molar-refractivity contribution in [1.82, 2.24) is 4.31 Å². The van der Waals surface area contributed by atoms with E-state index in [1.807, 2.05) is 0 Å². The van der Waals surface area contributed by atoms with Crippen LogP contribution in [-0.2, 0) is 19.6 Å². The van der Waals surface area contributed by atoms with Gasteiger partial charge in [0.25, 0.3) is 5.91 Å². The molecular formula is C20H23N3O6S. The predicted molar refractivity (Wildman–Crippen MR) is 108 cm³/mol. The summed E-state index contributed by atoms with van der Waals surface area (Å²) < 4.78 is 32.6. The van der Waals surface area contributed by atoms with Gasteiger partial charge in [0.05, 0.1) is 10.5 Å². The number of hydrogen-bond donors (Lipinski definition) is 1. The molecule has 2 aromatic rings. The van der Waals surface area contributed by atoms with Gasteiger partial charge in [0, 0.05) is 30.9 Å². The number of aromatic nitrogens is 1. The van der Waals surface area contributed by atoms with Gasteiger partial charge in [0.15, 0.2) is 19.0 Å². The molecule has 0 aliphatic carbocycles. The van der Waals surface area contributed by atoms with Crippen LogP contribution >= 0.6 is 0 Å². The van der Waals surface area contributed by atoms with Crippen molar-refractivity contribution < 1.29 is 27.5 Å². The summed E-state index contributed by atoms with van der Waals surface area (Å²) in [5, 5.41) is 13.6. The lowest BCUT2D eigenvalue weighted by Crippen LogP contribution is -2.35. The Kier molecular flexibility index (Phi) is 6.68. The van der Waals surface area contributed by atoms with Crippen LogP contribution in [0.15, 0.2) is 47.6 Å². The normalized spacial score (nSPS) is 14.8. The Hall–Kier alpha value is -2.98. The zero-order valence-electron chi connectivity index (χ0n) is 16.5. The van der Waals surface area contributed by atoms with Crippen LogP contribution in [0, 0.1) is 12.1 Å². The van der Waals surface area contributed by atoms with E-state index in [2.05, 4.69) is 5.32 Å². The van der Waals surface area contributed by atoms with Gasteiger partial charge in [-0.25, -0.2) is 13.2 Å². The van der Waals surface area contributed by atoms with Crippen molar-refractivity contribution in [3.8, 4) is 0 Å². The average molecular weight is 433 g/mol. The SMILES string of the molecule is Cc1ccc(S(=O)(=O)N2CCCCC2)cc1NC(=O)COC(=O)c1cc[n+]([O-])cc1. The third-order valence-electron chi connectivity index (χ3n) is 4.81. The number of nitrogens with one attached hydrogen (secondary N) is 1. The maximum Gasteiger partial charge on any atom is 0.339 e. The van der Waals surface area contributed by atoms with Crippen molar-refractivity contribution in [3.05, 3.63) is 59.1 Å². The summed E-state index contributed by atoms with van der Waals surface area (Å²) in [7, 11) is -3.63. The van der Waals surface area contributed by atoms with Crippen molar-refractivity contribution in [1.29, 1.82) is 0 Å². The van der Waals surface area contributed by atoms with Gasteiger partial charge in [-0.05, 0) is 37.5 Å². The Morgan fingerprint density at radius 2 is 1.80 bits per heavy atom. The van der Waals surface area contributed by atoms with E-state index in [4.69, 9.17) is 4.74 Å². The van der Waals surface area contributed by atoms with Crippen molar-refractivity contribution >= 4 is 27.6 Å². The summed E-state index contributed by atoms with van der Waals surface area (Å²) in [5.74, 6) is -1.35. The first-order valence-corrected chi connectivity index (χ1v) is 11.0. The fourth-order valence-corrected chi connectivity index (χ4v) is 4.64. The summed E-state index contributed by atoms with van der Waals surface area (Å²) in [6, 6.07) is 7.13. The molecule has 0 unspecified atom stereocenters. The maximum atomic E-state index is 12.9. The summed E-state index contributed by atoms with van der Waals surface area (Å²) in [6.45, 7) is 2.16. The summed E-state index contributed by atoms with van der Waals surface area (Å²) in [4.78, 5) is 24.3. The number of rotatable bonds is 6. The van der Waals surface area contributed by atoms with Crippen LogP contribution in [0.4, 0.5) is 5.69 Å². The summed E-state index contributed by atoms with van der Waals surface area (Å²) in [6.07, 6.45) is 4.97. The van der Waals surface area contributed by atoms with Crippen molar-refractivity contribution in [2.75, 3.05) is 25.0 Å². The van der Waals surface area contributed by atoms with Gasteiger partial charge in [0.1, 0.15) is 0 Å². The molecule has 0 radical (unpaired) electrons. The van der Waals surface area contributed by atoms with Crippen LogP contribution in [0.5, 0.6) is 0 Å². The van der Waals surface area contributed by atoms with E-state index in [9.17, 15) is 23.2 Å². The number of amides is 1. The van der Waals surface area contributed by atoms with Crippen molar-refractivity contribution in [2.45, 2.75) is 31.1 Å². The molecule has 1 saturated heterocycles. The highest BCUT2D eigenvalue weighted by molar-refractivity contribution is 7.89. The molecule has 3 rings (SSSR count). The lowest BCUT2D eigenvalue weighted by Gasteiger charge is -2.26. The summed E-state index contributed by atoms with van der Waals surface area (Å²) >= 11 is 0. The van der Waals surface area contributed by atoms with E-state index in [0.29, 0.717) is 29.1 Å². The molecular weight excluding hydrogens is 410 g/mol. The Bertz CT molecular complexity index is 1030. The molecule has 1 N–H and O–H groups in total. The minimum atomic E-state index is -3.63. The monoisotopic (exact) mass is 433 g/mol. The van der Waals surface area contributed by atoms with Gasteiger partial charge in [-0.3, -0.25) is 4.79 Å². The highest BCUT2D eigenvalue weighted by Crippen LogP contribution is 2.25. The molecule has 9 nitrogen and oxygen atoms in total. The smallest absolute Gasteiger partial charge is 0.339 e. The molecule has 1 aliphatic heterocycles. The van der Waals surface area contributed by atoms with E-state index >= 15 is 0 Å². The molecule has 0 saturated carbocycles. The molecule has 1 fully saturated rings. The molecule has 160 valence electrons. The van der Waals surface area contributed by atoms with Gasteiger partial charge < -0.3 is 15.3 Å². The van der Waals surface area contributed by atoms with E-state index in [1.165, 1.54) is 28.6 Å². The van der Waals surface area contributed by atoms with Crippen LogP contribution in [0.1, 0.15) is 35.2 Å². The van der Waals surface area contributed by atoms with E-state index in [0.717, 1.165) is 31.7 Å². The number of piperidine rings is 1. The molecule has 1 aromatic carbocycles. The fraction of sp³-hybridized carbons (Fsp3) is 0.350. The molecule has 1 aromatic heterocycles. The fourth-order valence-electron chi connectivity index (χ4n) is 3.10. The lowest BCUT2D eigenvalue weighted by atomic mass is 10.2. The second-order valence-electron chi connectivity index (χ2n) is 7.01. The highest BCUT2D eigenvalue weighted by Gasteiger charge is 2.26. The molecule has 0 atom stereocenters. The maximum absolute atomic E-state index is 12.9. The van der Waals surface area contributed by atoms with Gasteiger partial charge in [0.2, 0.25) is 10.0 Å². The molecule has 1 aliphatic rings. The topological polar surface area (TPSA) is 120 Å². The second kappa shape index (κ2) is 9.23. The molecule has 0 bridgehead atoms. The quantitative estimate of drug-likeness (QED) is 0.420. The average Bonchev–Trinajstić information content (AvgIpc) is 2.74. The third kappa shape index (κ3) is 5.14. The number of hydrogen-bond acceptors (Lipinski definition) is 6. The Labute approximate surface area is 174 Å². The minimum absolute atomic E-state index is 0.109. The molecule has 2 heterocycles. The molecule has 30 heavy (non-hydrogen) atoms. The molecule has 0 spiro atoms. The number of sulfonamides is 1. The van der Waals surface area contributed by atoms with Crippen LogP contribution in [0.3, 0.4) is 0 Å². The first-order valence-electron chi connectivity index (χ1n) is 9.54.